The average Bonchev–Trinajstić information content (AvgIpc) is 2.10. The minimum atomic E-state index is -0.641. The minimum absolute atomic E-state index is 0.0370. The highest BCUT2D eigenvalue weighted by Gasteiger charge is 2.10. The molecule has 5 nitrogen and oxygen atoms in total. The summed E-state index contributed by atoms with van der Waals surface area (Å²) in [6, 6.07) is 1.29. The summed E-state index contributed by atoms with van der Waals surface area (Å²) < 4.78 is 4.63. The van der Waals surface area contributed by atoms with Crippen LogP contribution in [0.5, 0.6) is 0 Å². The van der Waals surface area contributed by atoms with Crippen LogP contribution in [0.3, 0.4) is 0 Å². The van der Waals surface area contributed by atoms with Crippen molar-refractivity contribution in [3.05, 3.63) is 11.6 Å². The number of furan rings is 1. The summed E-state index contributed by atoms with van der Waals surface area (Å²) in [6.07, 6.45) is 0. The molecule has 0 aliphatic carbocycles. The van der Waals surface area contributed by atoms with Crippen molar-refractivity contribution < 1.29 is 9.21 Å². The Bertz CT molecular complexity index is 266. The van der Waals surface area contributed by atoms with E-state index in [0.717, 1.165) is 0 Å². The first kappa shape index (κ1) is 6.47. The summed E-state index contributed by atoms with van der Waals surface area (Å²) in [6.45, 7) is 0. The van der Waals surface area contributed by atoms with Crippen LogP contribution in [-0.4, -0.2) is 5.91 Å². The SMILES string of the molecule is NC(=O)c1cc(N)oc1N. The molecule has 0 aliphatic rings. The van der Waals surface area contributed by atoms with Crippen molar-refractivity contribution in [1.29, 1.82) is 0 Å². The second kappa shape index (κ2) is 1.94. The van der Waals surface area contributed by atoms with E-state index < -0.39 is 5.91 Å². The van der Waals surface area contributed by atoms with E-state index in [4.69, 9.17) is 17.2 Å². The second-order valence-electron chi connectivity index (χ2n) is 1.79. The molecule has 0 saturated carbocycles. The Labute approximate surface area is 56.8 Å². The van der Waals surface area contributed by atoms with E-state index in [1.807, 2.05) is 0 Å². The first-order valence-electron chi connectivity index (χ1n) is 2.56. The molecule has 0 atom stereocenters. The fraction of sp³-hybridized carbons (Fsp3) is 0. The van der Waals surface area contributed by atoms with Gasteiger partial charge in [-0.25, -0.2) is 0 Å². The number of amides is 1. The van der Waals surface area contributed by atoms with Gasteiger partial charge in [0.25, 0.3) is 5.91 Å². The lowest BCUT2D eigenvalue weighted by atomic mass is 10.3. The van der Waals surface area contributed by atoms with Crippen LogP contribution in [0.25, 0.3) is 0 Å². The molecular formula is C5H7N3O2. The van der Waals surface area contributed by atoms with Gasteiger partial charge in [0.05, 0.1) is 0 Å². The highest BCUT2D eigenvalue weighted by atomic mass is 16.4. The van der Waals surface area contributed by atoms with Crippen LogP contribution >= 0.6 is 0 Å². The lowest BCUT2D eigenvalue weighted by Gasteiger charge is -1.86. The summed E-state index contributed by atoms with van der Waals surface area (Å²) in [5.74, 6) is -0.589. The molecule has 0 bridgehead atoms. The second-order valence-corrected chi connectivity index (χ2v) is 1.79. The normalized spacial score (nSPS) is 9.60. The van der Waals surface area contributed by atoms with Gasteiger partial charge in [0.2, 0.25) is 5.88 Å². The molecule has 0 saturated heterocycles. The van der Waals surface area contributed by atoms with E-state index >= 15 is 0 Å². The van der Waals surface area contributed by atoms with E-state index in [-0.39, 0.29) is 17.3 Å². The quantitative estimate of drug-likeness (QED) is 0.491. The van der Waals surface area contributed by atoms with Gasteiger partial charge in [-0.15, -0.1) is 0 Å². The lowest BCUT2D eigenvalue weighted by Crippen LogP contribution is -2.11. The van der Waals surface area contributed by atoms with Gasteiger partial charge in [-0.3, -0.25) is 4.79 Å². The molecule has 54 valence electrons. The zero-order valence-corrected chi connectivity index (χ0v) is 5.13. The molecule has 5 heteroatoms. The molecule has 0 unspecified atom stereocenters. The number of primary amides is 1. The molecule has 0 radical (unpaired) electrons. The first-order valence-corrected chi connectivity index (χ1v) is 2.56. The number of hydrogen-bond acceptors (Lipinski definition) is 4. The van der Waals surface area contributed by atoms with Gasteiger partial charge in [0.1, 0.15) is 5.56 Å². The Balaban J connectivity index is 3.15. The Hall–Kier alpha value is -1.65. The van der Waals surface area contributed by atoms with Crippen molar-refractivity contribution in [1.82, 2.24) is 0 Å². The third kappa shape index (κ3) is 0.883. The molecule has 0 fully saturated rings. The highest BCUT2D eigenvalue weighted by molar-refractivity contribution is 5.97. The molecular weight excluding hydrogens is 134 g/mol. The van der Waals surface area contributed by atoms with Crippen molar-refractivity contribution in [2.24, 2.45) is 5.73 Å². The fourth-order valence-electron chi connectivity index (χ4n) is 0.617. The van der Waals surface area contributed by atoms with Crippen LogP contribution in [-0.2, 0) is 0 Å². The zero-order chi connectivity index (χ0) is 7.72. The molecule has 1 amide bonds. The van der Waals surface area contributed by atoms with Crippen molar-refractivity contribution in [3.63, 3.8) is 0 Å². The fourth-order valence-corrected chi connectivity index (χ4v) is 0.617. The highest BCUT2D eigenvalue weighted by Crippen LogP contribution is 2.17. The maximum atomic E-state index is 10.5. The Morgan fingerprint density at radius 2 is 2.10 bits per heavy atom. The van der Waals surface area contributed by atoms with Crippen molar-refractivity contribution in [2.75, 3.05) is 11.5 Å². The Kier molecular flexibility index (Phi) is 1.26. The largest absolute Gasteiger partial charge is 0.425 e. The maximum absolute atomic E-state index is 10.5. The topological polar surface area (TPSA) is 108 Å². The van der Waals surface area contributed by atoms with Gasteiger partial charge in [0, 0.05) is 6.07 Å². The molecule has 0 spiro atoms. The van der Waals surface area contributed by atoms with Gasteiger partial charge in [-0.1, -0.05) is 0 Å². The monoisotopic (exact) mass is 141 g/mol. The number of carbonyl (C=O) groups excluding carboxylic acids is 1. The summed E-state index contributed by atoms with van der Waals surface area (Å²) in [4.78, 5) is 10.5. The number of rotatable bonds is 1. The predicted molar refractivity (Wildman–Crippen MR) is 36.1 cm³/mol. The average molecular weight is 141 g/mol. The van der Waals surface area contributed by atoms with E-state index in [1.54, 1.807) is 0 Å². The molecule has 1 heterocycles. The summed E-state index contributed by atoms with van der Waals surface area (Å²) in [5.41, 5.74) is 15.4. The third-order valence-electron chi connectivity index (χ3n) is 1.05. The molecule has 1 aromatic rings. The van der Waals surface area contributed by atoms with Crippen molar-refractivity contribution in [2.45, 2.75) is 0 Å². The number of hydrogen-bond donors (Lipinski definition) is 3. The number of nitrogens with two attached hydrogens (primary N) is 3. The van der Waals surface area contributed by atoms with Crippen LogP contribution < -0.4 is 17.2 Å². The van der Waals surface area contributed by atoms with Crippen LogP contribution in [0, 0.1) is 0 Å². The van der Waals surface area contributed by atoms with E-state index in [0.29, 0.717) is 0 Å². The Morgan fingerprint density at radius 1 is 1.50 bits per heavy atom. The molecule has 1 rings (SSSR count). The van der Waals surface area contributed by atoms with E-state index in [9.17, 15) is 4.79 Å². The van der Waals surface area contributed by atoms with Crippen LogP contribution in [0.4, 0.5) is 11.8 Å². The van der Waals surface area contributed by atoms with Crippen molar-refractivity contribution >= 4 is 17.7 Å². The maximum Gasteiger partial charge on any atom is 0.254 e. The molecule has 6 N–H and O–H groups in total. The van der Waals surface area contributed by atoms with Crippen LogP contribution in [0.15, 0.2) is 10.5 Å². The molecule has 0 aliphatic heterocycles. The van der Waals surface area contributed by atoms with E-state index in [2.05, 4.69) is 4.42 Å². The first-order chi connectivity index (χ1) is 4.61. The standard InChI is InChI=1S/C5H7N3O2/c6-3-1-2(4(7)9)5(8)10-3/h1H,6,8H2,(H2,7,9). The summed E-state index contributed by atoms with van der Waals surface area (Å²) in [7, 11) is 0. The van der Waals surface area contributed by atoms with Gasteiger partial charge in [-0.05, 0) is 0 Å². The van der Waals surface area contributed by atoms with Gasteiger partial charge < -0.3 is 21.6 Å². The van der Waals surface area contributed by atoms with E-state index in [1.165, 1.54) is 6.07 Å². The number of anilines is 2. The van der Waals surface area contributed by atoms with Crippen LogP contribution in [0.1, 0.15) is 10.4 Å². The summed E-state index contributed by atoms with van der Waals surface area (Å²) in [5, 5.41) is 0. The predicted octanol–water partition coefficient (Wildman–Crippen LogP) is -0.457. The third-order valence-corrected chi connectivity index (χ3v) is 1.05. The molecule has 0 aromatic carbocycles. The minimum Gasteiger partial charge on any atom is -0.425 e. The van der Waals surface area contributed by atoms with Crippen molar-refractivity contribution in [3.8, 4) is 0 Å². The zero-order valence-electron chi connectivity index (χ0n) is 5.13. The lowest BCUT2D eigenvalue weighted by molar-refractivity contribution is 0.100. The smallest absolute Gasteiger partial charge is 0.254 e. The number of nitrogen functional groups attached to an aromatic ring is 2. The van der Waals surface area contributed by atoms with Gasteiger partial charge in [-0.2, -0.15) is 0 Å². The molecule has 1 aromatic heterocycles. The van der Waals surface area contributed by atoms with Gasteiger partial charge in [0.15, 0.2) is 5.88 Å². The number of carbonyl (C=O) groups is 1. The Morgan fingerprint density at radius 3 is 2.30 bits per heavy atom. The van der Waals surface area contributed by atoms with Crippen LogP contribution in [0.2, 0.25) is 0 Å². The molecule has 10 heavy (non-hydrogen) atoms. The summed E-state index contributed by atoms with van der Waals surface area (Å²) >= 11 is 0. The van der Waals surface area contributed by atoms with Gasteiger partial charge >= 0.3 is 0 Å².